The molecule has 0 fully saturated rings. The van der Waals surface area contributed by atoms with Gasteiger partial charge in [0.2, 0.25) is 0 Å². The van der Waals surface area contributed by atoms with Gasteiger partial charge in [0.1, 0.15) is 5.75 Å². The van der Waals surface area contributed by atoms with Crippen molar-refractivity contribution in [2.24, 2.45) is 0 Å². The van der Waals surface area contributed by atoms with E-state index in [-0.39, 0.29) is 0 Å². The van der Waals surface area contributed by atoms with E-state index < -0.39 is 0 Å². The molecule has 17 heavy (non-hydrogen) atoms. The van der Waals surface area contributed by atoms with E-state index in [1.54, 1.807) is 0 Å². The molecule has 0 unspecified atom stereocenters. The normalized spacial score (nSPS) is 10.0. The maximum absolute atomic E-state index is 5.82. The predicted octanol–water partition coefficient (Wildman–Crippen LogP) is 4.19. The molecular weight excluding hydrogens is 212 g/mol. The molecule has 0 spiro atoms. The second-order valence-electron chi connectivity index (χ2n) is 3.80. The molecule has 2 rings (SSSR count). The molecule has 0 N–H and O–H groups in total. The summed E-state index contributed by atoms with van der Waals surface area (Å²) in [5, 5.41) is 0. The monoisotopic (exact) mass is 228 g/mol. The van der Waals surface area contributed by atoms with Crippen molar-refractivity contribution in [3.8, 4) is 17.2 Å². The second kappa shape index (κ2) is 5.39. The van der Waals surface area contributed by atoms with Crippen LogP contribution in [0.4, 0.5) is 0 Å². The van der Waals surface area contributed by atoms with E-state index in [1.807, 2.05) is 62.4 Å². The smallest absolute Gasteiger partial charge is 0.169 e. The Morgan fingerprint density at radius 3 is 2.41 bits per heavy atom. The molecular formula is C15H16O2. The molecule has 0 aromatic heterocycles. The lowest BCUT2D eigenvalue weighted by atomic mass is 10.2. The average Bonchev–Trinajstić information content (AvgIpc) is 2.32. The van der Waals surface area contributed by atoms with Gasteiger partial charge in [0.05, 0.1) is 6.61 Å². The molecule has 0 atom stereocenters. The van der Waals surface area contributed by atoms with Crippen LogP contribution in [0.1, 0.15) is 12.5 Å². The van der Waals surface area contributed by atoms with Gasteiger partial charge in [-0.1, -0.05) is 24.3 Å². The summed E-state index contributed by atoms with van der Waals surface area (Å²) >= 11 is 0. The maximum atomic E-state index is 5.82. The Morgan fingerprint density at radius 2 is 1.71 bits per heavy atom. The fourth-order valence-corrected chi connectivity index (χ4v) is 1.62. The van der Waals surface area contributed by atoms with Crippen LogP contribution in [0.2, 0.25) is 0 Å². The van der Waals surface area contributed by atoms with E-state index in [4.69, 9.17) is 9.47 Å². The predicted molar refractivity (Wildman–Crippen MR) is 68.9 cm³/mol. The average molecular weight is 228 g/mol. The van der Waals surface area contributed by atoms with Crippen LogP contribution in [0.15, 0.2) is 48.5 Å². The summed E-state index contributed by atoms with van der Waals surface area (Å²) in [5.74, 6) is 2.36. The van der Waals surface area contributed by atoms with Crippen LogP contribution in [-0.2, 0) is 0 Å². The van der Waals surface area contributed by atoms with E-state index >= 15 is 0 Å². The minimum Gasteiger partial charge on any atom is -0.490 e. The third-order valence-corrected chi connectivity index (χ3v) is 2.37. The second-order valence-corrected chi connectivity index (χ2v) is 3.80. The van der Waals surface area contributed by atoms with Gasteiger partial charge in [0.15, 0.2) is 11.5 Å². The Kier molecular flexibility index (Phi) is 3.66. The van der Waals surface area contributed by atoms with E-state index in [0.717, 1.165) is 17.2 Å². The molecule has 0 aliphatic rings. The zero-order chi connectivity index (χ0) is 12.1. The summed E-state index contributed by atoms with van der Waals surface area (Å²) in [7, 11) is 0. The summed E-state index contributed by atoms with van der Waals surface area (Å²) in [5.41, 5.74) is 1.18. The minimum absolute atomic E-state index is 0.633. The zero-order valence-electron chi connectivity index (χ0n) is 10.1. The lowest BCUT2D eigenvalue weighted by molar-refractivity contribution is 0.321. The van der Waals surface area contributed by atoms with Crippen LogP contribution in [0, 0.1) is 6.92 Å². The summed E-state index contributed by atoms with van der Waals surface area (Å²) < 4.78 is 11.3. The molecule has 0 amide bonds. The van der Waals surface area contributed by atoms with Gasteiger partial charge in [-0.2, -0.15) is 0 Å². The van der Waals surface area contributed by atoms with Crippen LogP contribution in [0.3, 0.4) is 0 Å². The SMILES string of the molecule is CCOc1ccccc1Oc1cccc(C)c1. The van der Waals surface area contributed by atoms with Crippen molar-refractivity contribution in [2.75, 3.05) is 6.61 Å². The first-order valence-electron chi connectivity index (χ1n) is 5.76. The highest BCUT2D eigenvalue weighted by molar-refractivity contribution is 5.43. The van der Waals surface area contributed by atoms with E-state index in [9.17, 15) is 0 Å². The standard InChI is InChI=1S/C15H16O2/c1-3-16-14-9-4-5-10-15(14)17-13-8-6-7-12(2)11-13/h4-11H,3H2,1-2H3. The Labute approximate surface area is 102 Å². The number of ether oxygens (including phenoxy) is 2. The first-order valence-corrected chi connectivity index (χ1v) is 5.76. The number of hydrogen-bond acceptors (Lipinski definition) is 2. The van der Waals surface area contributed by atoms with Crippen molar-refractivity contribution in [3.05, 3.63) is 54.1 Å². The largest absolute Gasteiger partial charge is 0.490 e. The third-order valence-electron chi connectivity index (χ3n) is 2.37. The van der Waals surface area contributed by atoms with Crippen molar-refractivity contribution in [1.29, 1.82) is 0 Å². The number of rotatable bonds is 4. The van der Waals surface area contributed by atoms with Crippen molar-refractivity contribution in [2.45, 2.75) is 13.8 Å². The summed E-state index contributed by atoms with van der Waals surface area (Å²) in [6, 6.07) is 15.7. The summed E-state index contributed by atoms with van der Waals surface area (Å²) in [4.78, 5) is 0. The molecule has 0 aliphatic heterocycles. The van der Waals surface area contributed by atoms with Gasteiger partial charge in [-0.3, -0.25) is 0 Å². The Morgan fingerprint density at radius 1 is 0.941 bits per heavy atom. The lowest BCUT2D eigenvalue weighted by Gasteiger charge is -2.11. The Bertz CT molecular complexity index is 492. The van der Waals surface area contributed by atoms with Gasteiger partial charge in [-0.15, -0.1) is 0 Å². The highest BCUT2D eigenvalue weighted by Gasteiger charge is 2.04. The van der Waals surface area contributed by atoms with Crippen molar-refractivity contribution in [3.63, 3.8) is 0 Å². The maximum Gasteiger partial charge on any atom is 0.169 e. The van der Waals surface area contributed by atoms with Gasteiger partial charge in [-0.25, -0.2) is 0 Å². The molecule has 0 saturated carbocycles. The summed E-state index contributed by atoms with van der Waals surface area (Å²) in [6.45, 7) is 4.64. The number of hydrogen-bond donors (Lipinski definition) is 0. The third kappa shape index (κ3) is 3.00. The molecule has 0 heterocycles. The highest BCUT2D eigenvalue weighted by atomic mass is 16.5. The van der Waals surface area contributed by atoms with Crippen molar-refractivity contribution >= 4 is 0 Å². The van der Waals surface area contributed by atoms with E-state index in [2.05, 4.69) is 0 Å². The molecule has 88 valence electrons. The van der Waals surface area contributed by atoms with Gasteiger partial charge >= 0.3 is 0 Å². The van der Waals surface area contributed by atoms with Gasteiger partial charge in [0.25, 0.3) is 0 Å². The molecule has 0 saturated heterocycles. The van der Waals surface area contributed by atoms with Crippen LogP contribution >= 0.6 is 0 Å². The number of aryl methyl sites for hydroxylation is 1. The molecule has 0 radical (unpaired) electrons. The lowest BCUT2D eigenvalue weighted by Crippen LogP contribution is -1.94. The van der Waals surface area contributed by atoms with Gasteiger partial charge in [-0.05, 0) is 43.7 Å². The molecule has 2 nitrogen and oxygen atoms in total. The van der Waals surface area contributed by atoms with E-state index in [1.165, 1.54) is 5.56 Å². The zero-order valence-corrected chi connectivity index (χ0v) is 10.1. The summed E-state index contributed by atoms with van der Waals surface area (Å²) in [6.07, 6.45) is 0. The van der Waals surface area contributed by atoms with E-state index in [0.29, 0.717) is 6.61 Å². The van der Waals surface area contributed by atoms with Crippen LogP contribution in [0.5, 0.6) is 17.2 Å². The number of para-hydroxylation sites is 2. The Balaban J connectivity index is 2.23. The Hall–Kier alpha value is -1.96. The first-order chi connectivity index (χ1) is 8.29. The van der Waals surface area contributed by atoms with Crippen molar-refractivity contribution < 1.29 is 9.47 Å². The van der Waals surface area contributed by atoms with Crippen LogP contribution in [0.25, 0.3) is 0 Å². The minimum atomic E-state index is 0.633. The highest BCUT2D eigenvalue weighted by Crippen LogP contribution is 2.31. The fourth-order valence-electron chi connectivity index (χ4n) is 1.62. The fraction of sp³-hybridized carbons (Fsp3) is 0.200. The molecule has 2 aromatic carbocycles. The number of benzene rings is 2. The van der Waals surface area contributed by atoms with Gasteiger partial charge < -0.3 is 9.47 Å². The first kappa shape index (κ1) is 11.5. The topological polar surface area (TPSA) is 18.5 Å². The van der Waals surface area contributed by atoms with Crippen molar-refractivity contribution in [1.82, 2.24) is 0 Å². The van der Waals surface area contributed by atoms with Crippen LogP contribution < -0.4 is 9.47 Å². The molecule has 2 aromatic rings. The quantitative estimate of drug-likeness (QED) is 0.781. The van der Waals surface area contributed by atoms with Gasteiger partial charge in [0, 0.05) is 0 Å². The van der Waals surface area contributed by atoms with Crippen LogP contribution in [-0.4, -0.2) is 6.61 Å². The molecule has 0 bridgehead atoms. The molecule has 0 aliphatic carbocycles. The molecule has 2 heteroatoms.